The fourth-order valence-electron chi connectivity index (χ4n) is 2.33. The van der Waals surface area contributed by atoms with Crippen LogP contribution in [0.25, 0.3) is 0 Å². The first kappa shape index (κ1) is 12.8. The van der Waals surface area contributed by atoms with Gasteiger partial charge in [-0.2, -0.15) is 17.0 Å². The Morgan fingerprint density at radius 1 is 1.29 bits per heavy atom. The van der Waals surface area contributed by atoms with Gasteiger partial charge in [0.2, 0.25) is 5.91 Å². The van der Waals surface area contributed by atoms with Crippen molar-refractivity contribution in [3.8, 4) is 0 Å². The number of hydrogen-bond donors (Lipinski definition) is 1. The van der Waals surface area contributed by atoms with Crippen molar-refractivity contribution in [2.24, 2.45) is 5.92 Å². The molecule has 2 aliphatic rings. The quantitative estimate of drug-likeness (QED) is 0.721. The van der Waals surface area contributed by atoms with Gasteiger partial charge >= 0.3 is 0 Å². The lowest BCUT2D eigenvalue weighted by molar-refractivity contribution is -0.122. The Kier molecular flexibility index (Phi) is 3.70. The minimum absolute atomic E-state index is 0.0484. The van der Waals surface area contributed by atoms with Crippen LogP contribution in [-0.4, -0.2) is 55.7 Å². The van der Waals surface area contributed by atoms with E-state index in [1.165, 1.54) is 8.61 Å². The number of piperazine rings is 1. The Bertz CT molecular complexity index is 396. The summed E-state index contributed by atoms with van der Waals surface area (Å²) in [7, 11) is -3.45. The van der Waals surface area contributed by atoms with Gasteiger partial charge in [0.05, 0.1) is 6.54 Å². The van der Waals surface area contributed by atoms with E-state index >= 15 is 0 Å². The smallest absolute Gasteiger partial charge is 0.282 e. The van der Waals surface area contributed by atoms with E-state index in [-0.39, 0.29) is 12.5 Å². The molecule has 2 heterocycles. The van der Waals surface area contributed by atoms with Gasteiger partial charge < -0.3 is 5.32 Å². The van der Waals surface area contributed by atoms with Crippen LogP contribution in [-0.2, 0) is 15.0 Å². The van der Waals surface area contributed by atoms with Gasteiger partial charge in [0.25, 0.3) is 10.2 Å². The van der Waals surface area contributed by atoms with Gasteiger partial charge in [0.1, 0.15) is 0 Å². The molecule has 2 saturated heterocycles. The van der Waals surface area contributed by atoms with Crippen molar-refractivity contribution in [2.75, 3.05) is 32.7 Å². The number of hydrogen-bond acceptors (Lipinski definition) is 3. The summed E-state index contributed by atoms with van der Waals surface area (Å²) in [5, 5.41) is 2.63. The highest BCUT2D eigenvalue weighted by Crippen LogP contribution is 2.20. The zero-order valence-electron chi connectivity index (χ0n) is 10.1. The van der Waals surface area contributed by atoms with Crippen molar-refractivity contribution in [1.29, 1.82) is 0 Å². The summed E-state index contributed by atoms with van der Waals surface area (Å²) >= 11 is 0. The normalized spacial score (nSPS) is 29.0. The number of amides is 1. The average Bonchev–Trinajstić information content (AvgIpc) is 2.29. The van der Waals surface area contributed by atoms with Gasteiger partial charge in [-0.15, -0.1) is 0 Å². The van der Waals surface area contributed by atoms with Crippen LogP contribution in [0.4, 0.5) is 0 Å². The Morgan fingerprint density at radius 2 is 2.06 bits per heavy atom. The van der Waals surface area contributed by atoms with E-state index in [9.17, 15) is 13.2 Å². The SMILES string of the molecule is C[C@@H]1CCCN(S(=O)(=O)N2CCNC(=O)C2)C1. The fraction of sp³-hybridized carbons (Fsp3) is 0.900. The zero-order valence-corrected chi connectivity index (χ0v) is 10.9. The molecule has 17 heavy (non-hydrogen) atoms. The molecule has 0 aromatic rings. The van der Waals surface area contributed by atoms with E-state index in [4.69, 9.17) is 0 Å². The molecule has 2 fully saturated rings. The molecule has 0 aromatic carbocycles. The van der Waals surface area contributed by atoms with Gasteiger partial charge in [0.15, 0.2) is 0 Å². The summed E-state index contributed by atoms with van der Waals surface area (Å²) < 4.78 is 27.4. The van der Waals surface area contributed by atoms with Crippen LogP contribution in [0.1, 0.15) is 19.8 Å². The van der Waals surface area contributed by atoms with Crippen molar-refractivity contribution < 1.29 is 13.2 Å². The predicted molar refractivity (Wildman–Crippen MR) is 63.5 cm³/mol. The van der Waals surface area contributed by atoms with Gasteiger partial charge in [-0.05, 0) is 18.8 Å². The molecule has 0 unspecified atom stereocenters. The molecule has 0 spiro atoms. The molecule has 0 aliphatic carbocycles. The topological polar surface area (TPSA) is 69.7 Å². The third-order valence-electron chi connectivity index (χ3n) is 3.28. The summed E-state index contributed by atoms with van der Waals surface area (Å²) in [5.41, 5.74) is 0. The summed E-state index contributed by atoms with van der Waals surface area (Å²) in [6, 6.07) is 0. The van der Waals surface area contributed by atoms with Crippen molar-refractivity contribution in [3.63, 3.8) is 0 Å². The highest BCUT2D eigenvalue weighted by Gasteiger charge is 2.34. The second-order valence-electron chi connectivity index (χ2n) is 4.80. The highest BCUT2D eigenvalue weighted by molar-refractivity contribution is 7.86. The second kappa shape index (κ2) is 4.91. The maximum Gasteiger partial charge on any atom is 0.282 e. The Labute approximate surface area is 102 Å². The molecular formula is C10H19N3O3S. The van der Waals surface area contributed by atoms with Crippen LogP contribution in [0.3, 0.4) is 0 Å². The lowest BCUT2D eigenvalue weighted by Gasteiger charge is -2.35. The number of carbonyl (C=O) groups is 1. The van der Waals surface area contributed by atoms with E-state index in [0.717, 1.165) is 12.8 Å². The molecule has 98 valence electrons. The molecule has 1 atom stereocenters. The summed E-state index contributed by atoms with van der Waals surface area (Å²) in [6.45, 7) is 3.93. The zero-order chi connectivity index (χ0) is 12.5. The molecule has 0 bridgehead atoms. The molecule has 0 radical (unpaired) electrons. The molecular weight excluding hydrogens is 242 g/mol. The van der Waals surface area contributed by atoms with Crippen LogP contribution in [0.15, 0.2) is 0 Å². The van der Waals surface area contributed by atoms with Gasteiger partial charge in [-0.3, -0.25) is 4.79 Å². The third kappa shape index (κ3) is 2.78. The van der Waals surface area contributed by atoms with E-state index in [1.54, 1.807) is 0 Å². The van der Waals surface area contributed by atoms with E-state index < -0.39 is 10.2 Å². The molecule has 2 rings (SSSR count). The average molecular weight is 261 g/mol. The molecule has 2 aliphatic heterocycles. The molecule has 0 aromatic heterocycles. The monoisotopic (exact) mass is 261 g/mol. The van der Waals surface area contributed by atoms with Crippen molar-refractivity contribution in [2.45, 2.75) is 19.8 Å². The minimum Gasteiger partial charge on any atom is -0.354 e. The Hall–Kier alpha value is -0.660. The highest BCUT2D eigenvalue weighted by atomic mass is 32.2. The number of rotatable bonds is 2. The summed E-state index contributed by atoms with van der Waals surface area (Å²) in [4.78, 5) is 11.2. The first-order valence-electron chi connectivity index (χ1n) is 6.02. The fourth-order valence-corrected chi connectivity index (χ4v) is 4.06. The number of nitrogens with zero attached hydrogens (tertiary/aromatic N) is 2. The molecule has 7 heteroatoms. The lowest BCUT2D eigenvalue weighted by Crippen LogP contribution is -2.55. The van der Waals surface area contributed by atoms with E-state index in [2.05, 4.69) is 12.2 Å². The van der Waals surface area contributed by atoms with Crippen LogP contribution < -0.4 is 5.32 Å². The largest absolute Gasteiger partial charge is 0.354 e. The number of nitrogens with one attached hydrogen (secondary N) is 1. The molecule has 1 amide bonds. The molecule has 6 nitrogen and oxygen atoms in total. The van der Waals surface area contributed by atoms with Crippen LogP contribution in [0.2, 0.25) is 0 Å². The first-order chi connectivity index (χ1) is 8.00. The van der Waals surface area contributed by atoms with Crippen molar-refractivity contribution in [1.82, 2.24) is 13.9 Å². The lowest BCUT2D eigenvalue weighted by atomic mass is 10.0. The van der Waals surface area contributed by atoms with Gasteiger partial charge in [-0.1, -0.05) is 6.92 Å². The Morgan fingerprint density at radius 3 is 2.71 bits per heavy atom. The Balaban J connectivity index is 2.09. The second-order valence-corrected chi connectivity index (χ2v) is 6.73. The van der Waals surface area contributed by atoms with Gasteiger partial charge in [-0.25, -0.2) is 0 Å². The summed E-state index contributed by atoms with van der Waals surface area (Å²) in [6.07, 6.45) is 1.98. The van der Waals surface area contributed by atoms with Gasteiger partial charge in [0, 0.05) is 26.2 Å². The van der Waals surface area contributed by atoms with Crippen LogP contribution in [0.5, 0.6) is 0 Å². The third-order valence-corrected chi connectivity index (χ3v) is 5.22. The van der Waals surface area contributed by atoms with Crippen molar-refractivity contribution >= 4 is 16.1 Å². The maximum atomic E-state index is 12.3. The maximum absolute atomic E-state index is 12.3. The number of piperidine rings is 1. The summed E-state index contributed by atoms with van der Waals surface area (Å²) in [5.74, 6) is 0.182. The predicted octanol–water partition coefficient (Wildman–Crippen LogP) is -0.605. The van der Waals surface area contributed by atoms with E-state index in [0.29, 0.717) is 32.1 Å². The van der Waals surface area contributed by atoms with Crippen LogP contribution in [0, 0.1) is 5.92 Å². The number of carbonyl (C=O) groups excluding carboxylic acids is 1. The van der Waals surface area contributed by atoms with E-state index in [1.807, 2.05) is 0 Å². The molecule has 1 N–H and O–H groups in total. The standard InChI is InChI=1S/C10H19N3O3S/c1-9-3-2-5-12(7-9)17(15,16)13-6-4-11-10(14)8-13/h9H,2-8H2,1H3,(H,11,14)/t9-/m1/s1. The van der Waals surface area contributed by atoms with Crippen molar-refractivity contribution in [3.05, 3.63) is 0 Å². The van der Waals surface area contributed by atoms with Crippen LogP contribution >= 0.6 is 0 Å². The minimum atomic E-state index is -3.45. The molecule has 0 saturated carbocycles. The first-order valence-corrected chi connectivity index (χ1v) is 7.42.